The molecule has 1 aliphatic rings. The molecule has 1 saturated carbocycles. The van der Waals surface area contributed by atoms with Crippen LogP contribution in [0.2, 0.25) is 0 Å². The third kappa shape index (κ3) is 7.21. The number of ether oxygens (including phenoxy) is 1. The maximum Gasteiger partial charge on any atom is 0.439 e. The van der Waals surface area contributed by atoms with Gasteiger partial charge in [0.15, 0.2) is 5.82 Å². The summed E-state index contributed by atoms with van der Waals surface area (Å²) < 4.78 is 12.8. The second-order valence-electron chi connectivity index (χ2n) is 13.3. The molecule has 0 spiro atoms. The number of aryl methyl sites for hydroxylation is 2. The summed E-state index contributed by atoms with van der Waals surface area (Å²) in [5, 5.41) is 14.3. The lowest BCUT2D eigenvalue weighted by Crippen LogP contribution is -2.36. The molecule has 9 heteroatoms. The van der Waals surface area contributed by atoms with Crippen LogP contribution in [0.4, 0.5) is 0 Å². The molecule has 0 bridgehead atoms. The maximum atomic E-state index is 14.3. The van der Waals surface area contributed by atoms with Gasteiger partial charge in [-0.05, 0) is 92.8 Å². The van der Waals surface area contributed by atoms with Crippen molar-refractivity contribution in [2.24, 2.45) is 5.92 Å². The molecule has 9 nitrogen and oxygen atoms in total. The van der Waals surface area contributed by atoms with Crippen LogP contribution in [0.1, 0.15) is 82.4 Å². The molecule has 0 unspecified atom stereocenters. The zero-order chi connectivity index (χ0) is 33.8. The lowest BCUT2D eigenvalue weighted by atomic mass is 9.78. The van der Waals surface area contributed by atoms with Gasteiger partial charge < -0.3 is 9.84 Å². The number of hydrogen-bond donors (Lipinski definition) is 2. The molecule has 6 rings (SSSR count). The van der Waals surface area contributed by atoms with Crippen molar-refractivity contribution in [1.29, 1.82) is 0 Å². The van der Waals surface area contributed by atoms with E-state index in [9.17, 15) is 14.7 Å². The van der Waals surface area contributed by atoms with Crippen molar-refractivity contribution >= 4 is 0 Å². The van der Waals surface area contributed by atoms with E-state index in [4.69, 9.17) is 14.2 Å². The van der Waals surface area contributed by atoms with Gasteiger partial charge >= 0.3 is 5.76 Å². The van der Waals surface area contributed by atoms with Crippen LogP contribution in [0.25, 0.3) is 28.2 Å². The van der Waals surface area contributed by atoms with E-state index in [0.29, 0.717) is 30.1 Å². The van der Waals surface area contributed by atoms with Gasteiger partial charge in [0.2, 0.25) is 0 Å². The highest BCUT2D eigenvalue weighted by atomic mass is 16.5. The van der Waals surface area contributed by atoms with E-state index in [1.54, 1.807) is 4.57 Å². The van der Waals surface area contributed by atoms with Crippen LogP contribution >= 0.6 is 0 Å². The van der Waals surface area contributed by atoms with Gasteiger partial charge in [0.05, 0.1) is 23.1 Å². The predicted molar refractivity (Wildman–Crippen MR) is 187 cm³/mol. The Kier molecular flexibility index (Phi) is 9.78. The first kappa shape index (κ1) is 33.2. The molecule has 0 saturated heterocycles. The summed E-state index contributed by atoms with van der Waals surface area (Å²) in [7, 11) is 0. The summed E-state index contributed by atoms with van der Waals surface area (Å²) in [6.45, 7) is 7.92. The molecule has 5 aromatic rings. The van der Waals surface area contributed by atoms with E-state index < -0.39 is 11.4 Å². The average Bonchev–Trinajstić information content (AvgIpc) is 3.53. The van der Waals surface area contributed by atoms with E-state index in [1.807, 2.05) is 93.6 Å². The van der Waals surface area contributed by atoms with Crippen molar-refractivity contribution in [3.8, 4) is 34.0 Å². The fourth-order valence-electron chi connectivity index (χ4n) is 6.82. The van der Waals surface area contributed by atoms with Gasteiger partial charge in [0.1, 0.15) is 11.6 Å². The summed E-state index contributed by atoms with van der Waals surface area (Å²) >= 11 is 0. The van der Waals surface area contributed by atoms with E-state index in [2.05, 4.69) is 17.1 Å². The first-order chi connectivity index (χ1) is 23.1. The van der Waals surface area contributed by atoms with Gasteiger partial charge in [-0.25, -0.2) is 9.78 Å². The van der Waals surface area contributed by atoms with Crippen molar-refractivity contribution in [1.82, 2.24) is 19.7 Å². The smallest absolute Gasteiger partial charge is 0.439 e. The number of aliphatic hydroxyl groups is 1. The van der Waals surface area contributed by atoms with Crippen LogP contribution in [0.15, 0.2) is 86.9 Å². The summed E-state index contributed by atoms with van der Waals surface area (Å²) in [6.07, 6.45) is 6.53. The van der Waals surface area contributed by atoms with Crippen LogP contribution in [-0.2, 0) is 19.3 Å². The number of aromatic nitrogens is 4. The third-order valence-electron chi connectivity index (χ3n) is 9.47. The minimum Gasteiger partial charge on any atom is -0.490 e. The van der Waals surface area contributed by atoms with Crippen molar-refractivity contribution < 1.29 is 14.4 Å². The average molecular weight is 649 g/mol. The summed E-state index contributed by atoms with van der Waals surface area (Å²) in [5.41, 5.74) is 5.24. The molecule has 0 amide bonds. The Hall–Kier alpha value is -4.76. The number of hydrogen-bond acceptors (Lipinski definition) is 7. The molecule has 2 N–H and O–H groups in total. The minimum absolute atomic E-state index is 0.0479. The Balaban J connectivity index is 1.25. The van der Waals surface area contributed by atoms with Crippen LogP contribution in [0, 0.1) is 5.92 Å². The monoisotopic (exact) mass is 648 g/mol. The van der Waals surface area contributed by atoms with E-state index in [-0.39, 0.29) is 11.7 Å². The Bertz CT molecular complexity index is 1960. The SMILES string of the molecule is CCCc1nc(CC)n(-c2ccc(OC3CCC(C(C)(C)O)CC3)cc2)c(=O)c1Cc1ccc(-c2ccccc2-c2noc(=O)[nH]2)cc1. The summed E-state index contributed by atoms with van der Waals surface area (Å²) in [6, 6.07) is 23.6. The highest BCUT2D eigenvalue weighted by molar-refractivity contribution is 5.80. The zero-order valence-electron chi connectivity index (χ0n) is 28.2. The number of H-pyrrole nitrogens is 1. The Morgan fingerprint density at radius 2 is 1.62 bits per heavy atom. The summed E-state index contributed by atoms with van der Waals surface area (Å²) in [4.78, 5) is 33.5. The Labute approximate surface area is 280 Å². The molecule has 250 valence electrons. The van der Waals surface area contributed by atoms with Crippen LogP contribution in [0.5, 0.6) is 5.75 Å². The summed E-state index contributed by atoms with van der Waals surface area (Å²) in [5.74, 6) is 1.59. The molecule has 0 atom stereocenters. The molecule has 1 aliphatic carbocycles. The van der Waals surface area contributed by atoms with Crippen molar-refractivity contribution in [2.45, 2.75) is 90.8 Å². The molecule has 3 aromatic carbocycles. The lowest BCUT2D eigenvalue weighted by molar-refractivity contribution is -0.0151. The van der Waals surface area contributed by atoms with Gasteiger partial charge in [-0.15, -0.1) is 0 Å². The predicted octanol–water partition coefficient (Wildman–Crippen LogP) is 7.06. The number of nitrogens with one attached hydrogen (secondary N) is 1. The number of aromatic amines is 1. The topological polar surface area (TPSA) is 123 Å². The first-order valence-corrected chi connectivity index (χ1v) is 17.0. The molecule has 1 fully saturated rings. The Morgan fingerprint density at radius 1 is 0.938 bits per heavy atom. The third-order valence-corrected chi connectivity index (χ3v) is 9.47. The maximum absolute atomic E-state index is 14.3. The molecule has 48 heavy (non-hydrogen) atoms. The highest BCUT2D eigenvalue weighted by Crippen LogP contribution is 2.34. The number of benzene rings is 3. The van der Waals surface area contributed by atoms with E-state index in [0.717, 1.165) is 83.7 Å². The molecule has 2 heterocycles. The van der Waals surface area contributed by atoms with Crippen LogP contribution < -0.4 is 16.1 Å². The van der Waals surface area contributed by atoms with Crippen molar-refractivity contribution in [2.75, 3.05) is 0 Å². The van der Waals surface area contributed by atoms with Gasteiger partial charge in [-0.1, -0.05) is 74.0 Å². The molecule has 0 aliphatic heterocycles. The van der Waals surface area contributed by atoms with Crippen LogP contribution in [-0.4, -0.2) is 36.5 Å². The quantitative estimate of drug-likeness (QED) is 0.157. The van der Waals surface area contributed by atoms with Crippen molar-refractivity contribution in [3.05, 3.63) is 116 Å². The van der Waals surface area contributed by atoms with E-state index >= 15 is 0 Å². The van der Waals surface area contributed by atoms with Gasteiger partial charge in [0, 0.05) is 24.0 Å². The molecular formula is C39H44N4O5. The minimum atomic E-state index is -0.658. The number of rotatable bonds is 11. The van der Waals surface area contributed by atoms with Crippen molar-refractivity contribution in [3.63, 3.8) is 0 Å². The Morgan fingerprint density at radius 3 is 2.23 bits per heavy atom. The van der Waals surface area contributed by atoms with Gasteiger partial charge in [-0.3, -0.25) is 18.9 Å². The molecule has 0 radical (unpaired) electrons. The molecule has 2 aromatic heterocycles. The second kappa shape index (κ2) is 14.2. The normalized spacial score (nSPS) is 16.6. The second-order valence-corrected chi connectivity index (χ2v) is 13.3. The zero-order valence-corrected chi connectivity index (χ0v) is 28.2. The highest BCUT2D eigenvalue weighted by Gasteiger charge is 2.32. The number of nitrogens with zero attached hydrogens (tertiary/aromatic N) is 3. The fourth-order valence-corrected chi connectivity index (χ4v) is 6.82. The largest absolute Gasteiger partial charge is 0.490 e. The van der Waals surface area contributed by atoms with Crippen LogP contribution in [0.3, 0.4) is 0 Å². The van der Waals surface area contributed by atoms with Gasteiger partial charge in [0.25, 0.3) is 5.56 Å². The fraction of sp³-hybridized carbons (Fsp3) is 0.385. The molecular weight excluding hydrogens is 604 g/mol. The first-order valence-electron chi connectivity index (χ1n) is 17.0. The van der Waals surface area contributed by atoms with E-state index in [1.165, 1.54) is 0 Å². The van der Waals surface area contributed by atoms with Gasteiger partial charge in [-0.2, -0.15) is 0 Å². The standard InChI is InChI=1S/C39H44N4O5/c1-5-9-34-33(24-25-12-14-26(15-13-25)31-10-7-8-11-32(31)36-41-38(45)48-42-36)37(44)43(35(6-2)40-34)28-18-22-30(23-19-28)47-29-20-16-27(17-21-29)39(3,4)46/h7-8,10-15,18-19,22-23,27,29,46H,5-6,9,16-17,20-21,24H2,1-4H3,(H,41,42,45). The lowest BCUT2D eigenvalue weighted by Gasteiger charge is -2.35.